The van der Waals surface area contributed by atoms with Gasteiger partial charge in [0.15, 0.2) is 6.04 Å². The van der Waals surface area contributed by atoms with Crippen LogP contribution >= 0.6 is 0 Å². The van der Waals surface area contributed by atoms with Gasteiger partial charge < -0.3 is 4.74 Å². The molecule has 0 fully saturated rings. The minimum absolute atomic E-state index is 0.168. The van der Waals surface area contributed by atoms with E-state index in [4.69, 9.17) is 0 Å². The van der Waals surface area contributed by atoms with E-state index < -0.39 is 51.1 Å². The molecule has 0 bridgehead atoms. The number of sulfonamides is 1. The SMILES string of the molecule is O=S(=O)(c1ccccc1OC(F)(F)F)N1Cc2cccnc2-n2ccnc2C1C(F)(F)c1ccccc1. The maximum absolute atomic E-state index is 16.3. The maximum Gasteiger partial charge on any atom is 0.573 e. The Bertz CT molecular complexity index is 1540. The average Bonchev–Trinajstić information content (AvgIpc) is 3.27. The molecule has 1 aliphatic rings. The molecule has 0 saturated carbocycles. The van der Waals surface area contributed by atoms with E-state index >= 15 is 8.78 Å². The summed E-state index contributed by atoms with van der Waals surface area (Å²) in [6, 6.07) is 11.3. The van der Waals surface area contributed by atoms with Gasteiger partial charge in [0.05, 0.1) is 0 Å². The van der Waals surface area contributed by atoms with Crippen molar-refractivity contribution < 1.29 is 35.1 Å². The molecular weight excluding hydrogens is 519 g/mol. The van der Waals surface area contributed by atoms with Gasteiger partial charge in [-0.1, -0.05) is 48.5 Å². The number of fused-ring (bicyclic) bond motifs is 3. The van der Waals surface area contributed by atoms with Gasteiger partial charge in [-0.25, -0.2) is 18.4 Å². The summed E-state index contributed by atoms with van der Waals surface area (Å²) in [7, 11) is -5.04. The number of nitrogens with zero attached hydrogens (tertiary/aromatic N) is 4. The Kier molecular flexibility index (Phi) is 5.99. The van der Waals surface area contributed by atoms with E-state index in [0.717, 1.165) is 30.3 Å². The van der Waals surface area contributed by atoms with Crippen LogP contribution in [0.2, 0.25) is 0 Å². The van der Waals surface area contributed by atoms with Crippen LogP contribution in [0.1, 0.15) is 23.0 Å². The lowest BCUT2D eigenvalue weighted by atomic mass is 10.00. The second-order valence-corrected chi connectivity index (χ2v) is 9.94. The van der Waals surface area contributed by atoms with E-state index in [1.54, 1.807) is 0 Å². The topological polar surface area (TPSA) is 77.3 Å². The fraction of sp³-hybridized carbons (Fsp3) is 0.167. The summed E-state index contributed by atoms with van der Waals surface area (Å²) in [5.74, 6) is -5.10. The molecule has 0 amide bonds. The molecule has 0 spiro atoms. The number of rotatable bonds is 5. The van der Waals surface area contributed by atoms with E-state index in [1.807, 2.05) is 0 Å². The molecule has 7 nitrogen and oxygen atoms in total. The van der Waals surface area contributed by atoms with Crippen molar-refractivity contribution in [1.82, 2.24) is 18.8 Å². The Morgan fingerprint density at radius 2 is 1.57 bits per heavy atom. The minimum atomic E-state index is -5.22. The van der Waals surface area contributed by atoms with Crippen LogP contribution in [-0.4, -0.2) is 33.6 Å². The molecule has 1 aliphatic heterocycles. The lowest BCUT2D eigenvalue weighted by Crippen LogP contribution is -2.43. The first kappa shape index (κ1) is 24.8. The Labute approximate surface area is 207 Å². The number of alkyl halides is 5. The average molecular weight is 536 g/mol. The molecule has 0 radical (unpaired) electrons. The molecule has 13 heteroatoms. The monoisotopic (exact) mass is 536 g/mol. The molecule has 37 heavy (non-hydrogen) atoms. The number of halogens is 5. The highest BCUT2D eigenvalue weighted by Gasteiger charge is 2.54. The van der Waals surface area contributed by atoms with Crippen molar-refractivity contribution in [2.45, 2.75) is 29.8 Å². The normalized spacial score (nSPS) is 16.5. The number of imidazole rings is 1. The van der Waals surface area contributed by atoms with Crippen LogP contribution in [0.15, 0.2) is 90.2 Å². The zero-order valence-corrected chi connectivity index (χ0v) is 19.5. The molecule has 0 aliphatic carbocycles. The molecule has 3 heterocycles. The molecule has 5 rings (SSSR count). The van der Waals surface area contributed by atoms with Crippen LogP contribution < -0.4 is 4.74 Å². The summed E-state index contributed by atoms with van der Waals surface area (Å²) in [6.45, 7) is -0.623. The van der Waals surface area contributed by atoms with Gasteiger partial charge in [0.2, 0.25) is 10.0 Å². The fourth-order valence-electron chi connectivity index (χ4n) is 4.24. The summed E-state index contributed by atoms with van der Waals surface area (Å²) < 4.78 is 105. The number of hydrogen-bond donors (Lipinski definition) is 0. The van der Waals surface area contributed by atoms with Gasteiger partial charge in [0.1, 0.15) is 22.3 Å². The van der Waals surface area contributed by atoms with Gasteiger partial charge in [-0.3, -0.25) is 4.57 Å². The number of aromatic nitrogens is 3. The molecule has 2 aromatic carbocycles. The van der Waals surface area contributed by atoms with Gasteiger partial charge in [-0.05, 0) is 18.2 Å². The third-order valence-electron chi connectivity index (χ3n) is 5.79. The standard InChI is InChI=1S/C24H17F5N4O3S/c25-23(26,17-8-2-1-3-9-17)20-22-31-13-14-32(22)21-16(7-6-12-30-21)15-33(20)37(34,35)19-11-5-4-10-18(19)36-24(27,28)29/h1-14,20H,15H2. The van der Waals surface area contributed by atoms with Crippen LogP contribution in [-0.2, 0) is 22.5 Å². The first-order chi connectivity index (χ1) is 17.5. The molecule has 4 aromatic rings. The quantitative estimate of drug-likeness (QED) is 0.328. The van der Waals surface area contributed by atoms with Crippen LogP contribution in [0.3, 0.4) is 0 Å². The Morgan fingerprint density at radius 3 is 2.30 bits per heavy atom. The minimum Gasteiger partial charge on any atom is -0.404 e. The molecular formula is C24H17F5N4O3S. The predicted octanol–water partition coefficient (Wildman–Crippen LogP) is 5.20. The second kappa shape index (κ2) is 8.92. The number of pyridine rings is 1. The summed E-state index contributed by atoms with van der Waals surface area (Å²) in [4.78, 5) is 7.35. The molecule has 1 unspecified atom stereocenters. The van der Waals surface area contributed by atoms with E-state index in [1.165, 1.54) is 59.6 Å². The molecule has 192 valence electrons. The van der Waals surface area contributed by atoms with Crippen LogP contribution in [0.5, 0.6) is 5.75 Å². The molecule has 2 aromatic heterocycles. The summed E-state index contributed by atoms with van der Waals surface area (Å²) in [6.07, 6.45) is -1.22. The summed E-state index contributed by atoms with van der Waals surface area (Å²) in [5, 5.41) is 0. The zero-order chi connectivity index (χ0) is 26.4. The summed E-state index contributed by atoms with van der Waals surface area (Å²) in [5.41, 5.74) is -0.264. The highest BCUT2D eigenvalue weighted by Crippen LogP contribution is 2.49. The van der Waals surface area contributed by atoms with Gasteiger partial charge in [-0.2, -0.15) is 13.1 Å². The molecule has 0 N–H and O–H groups in total. The Hall–Kier alpha value is -3.84. The van der Waals surface area contributed by atoms with Crippen molar-refractivity contribution in [3.63, 3.8) is 0 Å². The smallest absolute Gasteiger partial charge is 0.404 e. The number of para-hydroxylation sites is 1. The number of hydrogen-bond acceptors (Lipinski definition) is 5. The van der Waals surface area contributed by atoms with E-state index in [2.05, 4.69) is 14.7 Å². The van der Waals surface area contributed by atoms with Gasteiger partial charge in [0.25, 0.3) is 5.92 Å². The van der Waals surface area contributed by atoms with Crippen molar-refractivity contribution in [3.05, 3.63) is 102 Å². The predicted molar refractivity (Wildman–Crippen MR) is 120 cm³/mol. The van der Waals surface area contributed by atoms with Gasteiger partial charge in [0, 0.05) is 36.3 Å². The lowest BCUT2D eigenvalue weighted by Gasteiger charge is -2.34. The number of benzene rings is 2. The lowest BCUT2D eigenvalue weighted by molar-refractivity contribution is -0.275. The van der Waals surface area contributed by atoms with E-state index in [0.29, 0.717) is 4.31 Å². The van der Waals surface area contributed by atoms with Crippen LogP contribution in [0.25, 0.3) is 5.82 Å². The highest BCUT2D eigenvalue weighted by atomic mass is 32.2. The highest BCUT2D eigenvalue weighted by molar-refractivity contribution is 7.89. The van der Waals surface area contributed by atoms with Gasteiger partial charge in [-0.15, -0.1) is 13.2 Å². The number of ether oxygens (including phenoxy) is 1. The molecule has 0 saturated heterocycles. The first-order valence-corrected chi connectivity index (χ1v) is 12.2. The van der Waals surface area contributed by atoms with Crippen LogP contribution in [0.4, 0.5) is 22.0 Å². The van der Waals surface area contributed by atoms with E-state index in [-0.39, 0.29) is 17.2 Å². The zero-order valence-electron chi connectivity index (χ0n) is 18.7. The van der Waals surface area contributed by atoms with Crippen molar-refractivity contribution in [1.29, 1.82) is 0 Å². The molecule has 1 atom stereocenters. The van der Waals surface area contributed by atoms with Gasteiger partial charge >= 0.3 is 6.36 Å². The largest absolute Gasteiger partial charge is 0.573 e. The first-order valence-electron chi connectivity index (χ1n) is 10.8. The van der Waals surface area contributed by atoms with E-state index in [9.17, 15) is 21.6 Å². The van der Waals surface area contributed by atoms with Crippen molar-refractivity contribution in [2.75, 3.05) is 0 Å². The van der Waals surface area contributed by atoms with Crippen molar-refractivity contribution in [3.8, 4) is 11.6 Å². The summed E-state index contributed by atoms with van der Waals surface area (Å²) >= 11 is 0. The fourth-order valence-corrected chi connectivity index (χ4v) is 5.92. The Morgan fingerprint density at radius 1 is 0.865 bits per heavy atom. The third kappa shape index (κ3) is 4.44. The van der Waals surface area contributed by atoms with Crippen molar-refractivity contribution >= 4 is 10.0 Å². The maximum atomic E-state index is 16.3. The Balaban J connectivity index is 1.77. The van der Waals surface area contributed by atoms with Crippen molar-refractivity contribution in [2.24, 2.45) is 0 Å². The second-order valence-electron chi connectivity index (χ2n) is 8.08. The third-order valence-corrected chi connectivity index (χ3v) is 7.64. The van der Waals surface area contributed by atoms with Crippen LogP contribution in [0, 0.1) is 0 Å².